The maximum atomic E-state index is 9.18. The van der Waals surface area contributed by atoms with Crippen LogP contribution in [0.2, 0.25) is 0 Å². The number of rotatable bonds is 2. The van der Waals surface area contributed by atoms with Crippen LogP contribution >= 0.6 is 0 Å². The first-order chi connectivity index (χ1) is 10.6. The van der Waals surface area contributed by atoms with Gasteiger partial charge in [-0.1, -0.05) is 6.92 Å². The quantitative estimate of drug-likeness (QED) is 0.624. The third-order valence-corrected chi connectivity index (χ3v) is 4.33. The molecule has 0 saturated carbocycles. The molecule has 0 amide bonds. The molecule has 3 heterocycles. The number of fused-ring (bicyclic) bond motifs is 1. The SMILES string of the molecule is C[C@H]1C[C@@H](N(C)C#N)CN(c2ccc(C#N)n3nccc23)C1. The van der Waals surface area contributed by atoms with E-state index in [1.54, 1.807) is 21.7 Å². The first kappa shape index (κ1) is 14.2. The zero-order chi connectivity index (χ0) is 15.7. The van der Waals surface area contributed by atoms with Crippen molar-refractivity contribution in [3.05, 3.63) is 30.1 Å². The molecule has 0 radical (unpaired) electrons. The van der Waals surface area contributed by atoms with E-state index in [4.69, 9.17) is 5.26 Å². The van der Waals surface area contributed by atoms with Crippen molar-refractivity contribution in [2.24, 2.45) is 5.92 Å². The Hall–Kier alpha value is -2.73. The second-order valence-electron chi connectivity index (χ2n) is 5.95. The summed E-state index contributed by atoms with van der Waals surface area (Å²) in [6.07, 6.45) is 4.96. The molecule has 0 aromatic carbocycles. The van der Waals surface area contributed by atoms with Gasteiger partial charge in [0.2, 0.25) is 0 Å². The first-order valence-corrected chi connectivity index (χ1v) is 7.38. The fourth-order valence-corrected chi connectivity index (χ4v) is 3.23. The van der Waals surface area contributed by atoms with Gasteiger partial charge in [0.1, 0.15) is 11.8 Å². The summed E-state index contributed by atoms with van der Waals surface area (Å²) in [6.45, 7) is 3.96. The van der Waals surface area contributed by atoms with Crippen LogP contribution in [-0.4, -0.2) is 40.7 Å². The van der Waals surface area contributed by atoms with Gasteiger partial charge in [-0.3, -0.25) is 0 Å². The van der Waals surface area contributed by atoms with E-state index >= 15 is 0 Å². The Morgan fingerprint density at radius 2 is 2.09 bits per heavy atom. The predicted octanol–water partition coefficient (Wildman–Crippen LogP) is 1.83. The van der Waals surface area contributed by atoms with Crippen LogP contribution < -0.4 is 4.90 Å². The van der Waals surface area contributed by atoms with Gasteiger partial charge in [-0.25, -0.2) is 4.52 Å². The topological polar surface area (TPSA) is 71.4 Å². The minimum Gasteiger partial charge on any atom is -0.367 e. The number of pyridine rings is 1. The molecule has 0 unspecified atom stereocenters. The average Bonchev–Trinajstić information content (AvgIpc) is 3.02. The molecule has 0 aliphatic carbocycles. The van der Waals surface area contributed by atoms with Crippen molar-refractivity contribution in [1.29, 1.82) is 10.5 Å². The molecule has 0 spiro atoms. The number of piperidine rings is 1. The van der Waals surface area contributed by atoms with Gasteiger partial charge in [0.25, 0.3) is 0 Å². The summed E-state index contributed by atoms with van der Waals surface area (Å²) in [5.41, 5.74) is 2.53. The van der Waals surface area contributed by atoms with Crippen LogP contribution in [-0.2, 0) is 0 Å². The lowest BCUT2D eigenvalue weighted by molar-refractivity contribution is 0.257. The molecule has 2 aromatic heterocycles. The van der Waals surface area contributed by atoms with Crippen LogP contribution in [0.5, 0.6) is 0 Å². The Kier molecular flexibility index (Phi) is 3.60. The number of hydrogen-bond acceptors (Lipinski definition) is 5. The monoisotopic (exact) mass is 294 g/mol. The van der Waals surface area contributed by atoms with E-state index in [9.17, 15) is 5.26 Å². The van der Waals surface area contributed by atoms with E-state index in [2.05, 4.69) is 29.2 Å². The molecule has 1 aliphatic heterocycles. The molecule has 0 N–H and O–H groups in total. The summed E-state index contributed by atoms with van der Waals surface area (Å²) >= 11 is 0. The van der Waals surface area contributed by atoms with Crippen molar-refractivity contribution in [3.8, 4) is 12.3 Å². The number of aromatic nitrogens is 2. The molecular weight excluding hydrogens is 276 g/mol. The van der Waals surface area contributed by atoms with Gasteiger partial charge in [-0.2, -0.15) is 15.6 Å². The third kappa shape index (κ3) is 2.33. The van der Waals surface area contributed by atoms with E-state index in [-0.39, 0.29) is 6.04 Å². The van der Waals surface area contributed by atoms with Gasteiger partial charge in [-0.05, 0) is 30.5 Å². The lowest BCUT2D eigenvalue weighted by atomic mass is 9.94. The molecular formula is C16H18N6. The summed E-state index contributed by atoms with van der Waals surface area (Å²) in [5.74, 6) is 0.508. The first-order valence-electron chi connectivity index (χ1n) is 7.38. The van der Waals surface area contributed by atoms with Gasteiger partial charge in [0.05, 0.1) is 23.4 Å². The van der Waals surface area contributed by atoms with Gasteiger partial charge in [0, 0.05) is 20.1 Å². The number of hydrogen-bond donors (Lipinski definition) is 0. The largest absolute Gasteiger partial charge is 0.367 e. The fraction of sp³-hybridized carbons (Fsp3) is 0.438. The Balaban J connectivity index is 1.99. The van der Waals surface area contributed by atoms with E-state index in [1.807, 2.05) is 19.2 Å². The number of likely N-dealkylation sites (N-methyl/N-ethyl adjacent to an activating group) is 1. The standard InChI is InChI=1S/C16H18N6/c1-12-7-14(20(2)11-18)10-21(9-12)15-4-3-13(8-17)22-16(15)5-6-19-22/h3-6,12,14H,7,9-10H2,1-2H3/t12-,14+/m0/s1. The highest BCUT2D eigenvalue weighted by atomic mass is 15.3. The summed E-state index contributed by atoms with van der Waals surface area (Å²) in [4.78, 5) is 4.03. The van der Waals surface area contributed by atoms with Crippen molar-refractivity contribution in [1.82, 2.24) is 14.5 Å². The van der Waals surface area contributed by atoms with Crippen molar-refractivity contribution in [2.45, 2.75) is 19.4 Å². The van der Waals surface area contributed by atoms with Gasteiger partial charge in [-0.15, -0.1) is 0 Å². The molecule has 2 aromatic rings. The van der Waals surface area contributed by atoms with Crippen LogP contribution in [0.15, 0.2) is 24.4 Å². The Morgan fingerprint density at radius 3 is 2.82 bits per heavy atom. The summed E-state index contributed by atoms with van der Waals surface area (Å²) in [5, 5.41) is 22.6. The normalized spacial score (nSPS) is 21.4. The number of anilines is 1. The van der Waals surface area contributed by atoms with E-state index in [0.717, 1.165) is 30.7 Å². The summed E-state index contributed by atoms with van der Waals surface area (Å²) < 4.78 is 1.68. The van der Waals surface area contributed by atoms with Crippen LogP contribution in [0, 0.1) is 28.7 Å². The van der Waals surface area contributed by atoms with Crippen molar-refractivity contribution in [2.75, 3.05) is 25.0 Å². The second kappa shape index (κ2) is 5.57. The molecule has 1 aliphatic rings. The van der Waals surface area contributed by atoms with E-state index in [0.29, 0.717) is 11.6 Å². The van der Waals surface area contributed by atoms with Crippen molar-refractivity contribution >= 4 is 11.2 Å². The fourth-order valence-electron chi connectivity index (χ4n) is 3.23. The lowest BCUT2D eigenvalue weighted by Gasteiger charge is -2.40. The maximum absolute atomic E-state index is 9.18. The lowest BCUT2D eigenvalue weighted by Crippen LogP contribution is -2.48. The predicted molar refractivity (Wildman–Crippen MR) is 83.1 cm³/mol. The van der Waals surface area contributed by atoms with E-state index in [1.165, 1.54) is 0 Å². The average molecular weight is 294 g/mol. The van der Waals surface area contributed by atoms with Gasteiger partial charge in [0.15, 0.2) is 6.19 Å². The molecule has 6 heteroatoms. The minimum absolute atomic E-state index is 0.215. The van der Waals surface area contributed by atoms with Crippen LogP contribution in [0.3, 0.4) is 0 Å². The molecule has 22 heavy (non-hydrogen) atoms. The highest BCUT2D eigenvalue weighted by Crippen LogP contribution is 2.29. The smallest absolute Gasteiger partial charge is 0.179 e. The zero-order valence-corrected chi connectivity index (χ0v) is 12.8. The van der Waals surface area contributed by atoms with Crippen LogP contribution in [0.25, 0.3) is 5.52 Å². The third-order valence-electron chi connectivity index (χ3n) is 4.33. The second-order valence-corrected chi connectivity index (χ2v) is 5.95. The highest BCUT2D eigenvalue weighted by molar-refractivity contribution is 5.74. The Labute approximate surface area is 129 Å². The minimum atomic E-state index is 0.215. The zero-order valence-electron chi connectivity index (χ0n) is 12.8. The van der Waals surface area contributed by atoms with Gasteiger partial charge >= 0.3 is 0 Å². The van der Waals surface area contributed by atoms with Gasteiger partial charge < -0.3 is 9.80 Å². The molecule has 6 nitrogen and oxygen atoms in total. The Morgan fingerprint density at radius 1 is 1.27 bits per heavy atom. The molecule has 3 rings (SSSR count). The molecule has 1 fully saturated rings. The highest BCUT2D eigenvalue weighted by Gasteiger charge is 2.28. The van der Waals surface area contributed by atoms with Crippen LogP contribution in [0.1, 0.15) is 19.0 Å². The molecule has 1 saturated heterocycles. The molecule has 2 atom stereocenters. The summed E-state index contributed by atoms with van der Waals surface area (Å²) in [7, 11) is 1.84. The number of nitriles is 2. The van der Waals surface area contributed by atoms with E-state index < -0.39 is 0 Å². The van der Waals surface area contributed by atoms with Crippen molar-refractivity contribution in [3.63, 3.8) is 0 Å². The van der Waals surface area contributed by atoms with Crippen molar-refractivity contribution < 1.29 is 0 Å². The Bertz CT molecular complexity index is 765. The van der Waals surface area contributed by atoms with Crippen LogP contribution in [0.4, 0.5) is 5.69 Å². The molecule has 0 bridgehead atoms. The molecule has 112 valence electrons. The maximum Gasteiger partial charge on any atom is 0.179 e. The summed E-state index contributed by atoms with van der Waals surface area (Å²) in [6, 6.07) is 8.09. The number of nitrogens with zero attached hydrogens (tertiary/aromatic N) is 6.